The maximum Gasteiger partial charge on any atom is 0.163 e. The molecule has 0 amide bonds. The van der Waals surface area contributed by atoms with Crippen LogP contribution in [-0.4, -0.2) is 11.1 Å². The van der Waals surface area contributed by atoms with Crippen LogP contribution in [0.5, 0.6) is 0 Å². The van der Waals surface area contributed by atoms with E-state index in [1.165, 1.54) is 6.07 Å². The fourth-order valence-corrected chi connectivity index (χ4v) is 2.00. The van der Waals surface area contributed by atoms with Gasteiger partial charge >= 0.3 is 0 Å². The second-order valence-electron chi connectivity index (χ2n) is 3.84. The predicted octanol–water partition coefficient (Wildman–Crippen LogP) is 4.27. The minimum Gasteiger partial charge on any atom is -0.294 e. The van der Waals surface area contributed by atoms with Crippen molar-refractivity contribution in [3.8, 4) is 0 Å². The Morgan fingerprint density at radius 1 is 1.31 bits per heavy atom. The predicted molar refractivity (Wildman–Crippen MR) is 67.7 cm³/mol. The van der Waals surface area contributed by atoms with Crippen LogP contribution < -0.4 is 0 Å². The Labute approximate surface area is 104 Å². The van der Waals surface area contributed by atoms with Crippen molar-refractivity contribution < 1.29 is 9.18 Å². The van der Waals surface area contributed by atoms with Gasteiger partial charge in [-0.25, -0.2) is 4.39 Å². The minimum atomic E-state index is -0.300. The van der Waals surface area contributed by atoms with Crippen molar-refractivity contribution >= 4 is 21.7 Å². The van der Waals surface area contributed by atoms with Gasteiger partial charge < -0.3 is 0 Å². The molecule has 0 radical (unpaired) electrons. The van der Waals surface area contributed by atoms with Crippen molar-refractivity contribution in [3.05, 3.63) is 35.1 Å². The number of ketones is 1. The van der Waals surface area contributed by atoms with E-state index in [2.05, 4.69) is 15.9 Å². The summed E-state index contributed by atoms with van der Waals surface area (Å²) in [6, 6.07) is 4.68. The first-order valence-electron chi connectivity index (χ1n) is 5.51. The monoisotopic (exact) mass is 286 g/mol. The summed E-state index contributed by atoms with van der Waals surface area (Å²) in [5, 5.41) is 0.972. The molecule has 0 N–H and O–H groups in total. The Bertz CT molecular complexity index is 363. The average Bonchev–Trinajstić information content (AvgIpc) is 2.28. The number of unbranched alkanes of at least 4 members (excludes halogenated alkanes) is 2. The number of Topliss-reactive ketones (excluding diaryl/α,β-unsaturated/α-hetero) is 1. The lowest BCUT2D eigenvalue weighted by atomic mass is 10.0. The van der Waals surface area contributed by atoms with E-state index >= 15 is 0 Å². The number of hydrogen-bond acceptors (Lipinski definition) is 1. The summed E-state index contributed by atoms with van der Waals surface area (Å²) in [6.45, 7) is 1.65. The topological polar surface area (TPSA) is 17.1 Å². The highest BCUT2D eigenvalue weighted by Gasteiger charge is 2.10. The van der Waals surface area contributed by atoms with Gasteiger partial charge in [0, 0.05) is 17.3 Å². The molecule has 1 rings (SSSR count). The molecule has 1 aromatic rings. The van der Waals surface area contributed by atoms with Gasteiger partial charge in [-0.3, -0.25) is 4.79 Å². The summed E-state index contributed by atoms with van der Waals surface area (Å²) in [5.41, 5.74) is 0.992. The molecular formula is C13H16BrFO. The number of benzene rings is 1. The first-order valence-corrected chi connectivity index (χ1v) is 6.63. The molecule has 0 saturated heterocycles. The summed E-state index contributed by atoms with van der Waals surface area (Å²) >= 11 is 3.35. The number of alkyl halides is 1. The number of carbonyl (C=O) groups is 1. The molecule has 0 aliphatic carbocycles. The van der Waals surface area contributed by atoms with E-state index in [0.29, 0.717) is 17.5 Å². The van der Waals surface area contributed by atoms with Crippen molar-refractivity contribution in [1.82, 2.24) is 0 Å². The van der Waals surface area contributed by atoms with E-state index in [9.17, 15) is 9.18 Å². The first-order chi connectivity index (χ1) is 7.66. The van der Waals surface area contributed by atoms with Crippen LogP contribution in [0.2, 0.25) is 0 Å². The molecule has 88 valence electrons. The molecule has 0 fully saturated rings. The quantitative estimate of drug-likeness (QED) is 0.434. The molecule has 0 atom stereocenters. The standard InChI is InChI=1S/C13H16BrFO/c1-10-11(6-5-7-12(10)15)13(16)8-3-2-4-9-14/h5-7H,2-4,8-9H2,1H3. The highest BCUT2D eigenvalue weighted by molar-refractivity contribution is 9.09. The Hall–Kier alpha value is -0.700. The van der Waals surface area contributed by atoms with Gasteiger partial charge in [0.25, 0.3) is 0 Å². The van der Waals surface area contributed by atoms with Gasteiger partial charge in [-0.2, -0.15) is 0 Å². The molecule has 0 aliphatic heterocycles. The molecule has 0 spiro atoms. The van der Waals surface area contributed by atoms with E-state index in [-0.39, 0.29) is 11.6 Å². The smallest absolute Gasteiger partial charge is 0.163 e. The van der Waals surface area contributed by atoms with Gasteiger partial charge in [0.15, 0.2) is 5.78 Å². The number of carbonyl (C=O) groups excluding carboxylic acids is 1. The molecule has 0 bridgehead atoms. The number of halogens is 2. The van der Waals surface area contributed by atoms with Crippen LogP contribution >= 0.6 is 15.9 Å². The van der Waals surface area contributed by atoms with Gasteiger partial charge in [-0.1, -0.05) is 34.5 Å². The highest BCUT2D eigenvalue weighted by Crippen LogP contribution is 2.15. The average molecular weight is 287 g/mol. The van der Waals surface area contributed by atoms with Gasteiger partial charge in [0.1, 0.15) is 5.82 Å². The van der Waals surface area contributed by atoms with Crippen LogP contribution in [0.1, 0.15) is 41.6 Å². The van der Waals surface area contributed by atoms with Crippen LogP contribution in [0.25, 0.3) is 0 Å². The normalized spacial score (nSPS) is 10.4. The van der Waals surface area contributed by atoms with Gasteiger partial charge in [0.05, 0.1) is 0 Å². The maximum absolute atomic E-state index is 13.2. The van der Waals surface area contributed by atoms with E-state index in [0.717, 1.165) is 24.6 Å². The number of rotatable bonds is 6. The largest absolute Gasteiger partial charge is 0.294 e. The van der Waals surface area contributed by atoms with Gasteiger partial charge in [0.2, 0.25) is 0 Å². The fourth-order valence-electron chi connectivity index (χ4n) is 1.60. The van der Waals surface area contributed by atoms with Crippen molar-refractivity contribution in [2.24, 2.45) is 0 Å². The summed E-state index contributed by atoms with van der Waals surface area (Å²) in [4.78, 5) is 11.8. The van der Waals surface area contributed by atoms with Crippen LogP contribution in [-0.2, 0) is 0 Å². The van der Waals surface area contributed by atoms with E-state index in [1.807, 2.05) is 0 Å². The fraction of sp³-hybridized carbons (Fsp3) is 0.462. The first kappa shape index (κ1) is 13.4. The molecule has 0 saturated carbocycles. The Morgan fingerprint density at radius 2 is 2.06 bits per heavy atom. The van der Waals surface area contributed by atoms with Gasteiger partial charge in [-0.05, 0) is 31.4 Å². The molecule has 3 heteroatoms. The molecular weight excluding hydrogens is 271 g/mol. The molecule has 0 aliphatic rings. The summed E-state index contributed by atoms with van der Waals surface area (Å²) in [5.74, 6) is -0.252. The van der Waals surface area contributed by atoms with Crippen LogP contribution in [0.4, 0.5) is 4.39 Å². The van der Waals surface area contributed by atoms with E-state index < -0.39 is 0 Å². The SMILES string of the molecule is Cc1c(F)cccc1C(=O)CCCCCBr. The van der Waals surface area contributed by atoms with E-state index in [4.69, 9.17) is 0 Å². The summed E-state index contributed by atoms with van der Waals surface area (Å²) in [7, 11) is 0. The highest BCUT2D eigenvalue weighted by atomic mass is 79.9. The molecule has 16 heavy (non-hydrogen) atoms. The van der Waals surface area contributed by atoms with Crippen LogP contribution in [0.3, 0.4) is 0 Å². The zero-order chi connectivity index (χ0) is 12.0. The third-order valence-corrected chi connectivity index (χ3v) is 3.17. The second kappa shape index (κ2) is 6.79. The lowest BCUT2D eigenvalue weighted by Crippen LogP contribution is -2.03. The second-order valence-corrected chi connectivity index (χ2v) is 4.63. The van der Waals surface area contributed by atoms with Crippen LogP contribution in [0.15, 0.2) is 18.2 Å². The van der Waals surface area contributed by atoms with Gasteiger partial charge in [-0.15, -0.1) is 0 Å². The third-order valence-electron chi connectivity index (χ3n) is 2.61. The van der Waals surface area contributed by atoms with Crippen molar-refractivity contribution in [2.75, 3.05) is 5.33 Å². The summed E-state index contributed by atoms with van der Waals surface area (Å²) in [6.07, 6.45) is 3.50. The van der Waals surface area contributed by atoms with Crippen molar-refractivity contribution in [3.63, 3.8) is 0 Å². The lowest BCUT2D eigenvalue weighted by molar-refractivity contribution is 0.0978. The summed E-state index contributed by atoms with van der Waals surface area (Å²) < 4.78 is 13.2. The Kier molecular flexibility index (Phi) is 5.67. The maximum atomic E-state index is 13.2. The zero-order valence-electron chi connectivity index (χ0n) is 9.43. The number of hydrogen-bond donors (Lipinski definition) is 0. The molecule has 0 heterocycles. The molecule has 0 unspecified atom stereocenters. The Morgan fingerprint density at radius 3 is 2.75 bits per heavy atom. The Balaban J connectivity index is 2.56. The van der Waals surface area contributed by atoms with Crippen LogP contribution in [0, 0.1) is 12.7 Å². The van der Waals surface area contributed by atoms with Crippen molar-refractivity contribution in [2.45, 2.75) is 32.6 Å². The molecule has 1 aromatic carbocycles. The third kappa shape index (κ3) is 3.71. The van der Waals surface area contributed by atoms with Crippen molar-refractivity contribution in [1.29, 1.82) is 0 Å². The minimum absolute atomic E-state index is 0.0478. The molecule has 1 nitrogen and oxygen atoms in total. The van der Waals surface area contributed by atoms with E-state index in [1.54, 1.807) is 19.1 Å². The lowest BCUT2D eigenvalue weighted by Gasteiger charge is -2.05. The zero-order valence-corrected chi connectivity index (χ0v) is 11.0. The molecule has 0 aromatic heterocycles.